The summed E-state index contributed by atoms with van der Waals surface area (Å²) in [6.45, 7) is 2.93. The molecule has 0 spiro atoms. The van der Waals surface area contributed by atoms with Crippen LogP contribution >= 0.6 is 0 Å². The van der Waals surface area contributed by atoms with Crippen LogP contribution in [-0.2, 0) is 6.54 Å². The SMILES string of the molecule is Cc1c(N)nnn1CCC1CC1. The first-order chi connectivity index (χ1) is 5.77. The summed E-state index contributed by atoms with van der Waals surface area (Å²) in [5.41, 5.74) is 6.56. The first-order valence-electron chi connectivity index (χ1n) is 4.43. The van der Waals surface area contributed by atoms with E-state index in [0.29, 0.717) is 5.82 Å². The van der Waals surface area contributed by atoms with E-state index in [1.165, 1.54) is 19.3 Å². The molecule has 1 aliphatic carbocycles. The molecule has 0 radical (unpaired) electrons. The van der Waals surface area contributed by atoms with Gasteiger partial charge in [-0.15, -0.1) is 5.10 Å². The standard InChI is InChI=1S/C8H14N4/c1-6-8(9)10-11-12(6)5-4-7-2-3-7/h7H,2-5,9H2,1H3. The van der Waals surface area contributed by atoms with Crippen LogP contribution in [0.4, 0.5) is 5.82 Å². The summed E-state index contributed by atoms with van der Waals surface area (Å²) in [4.78, 5) is 0. The molecule has 4 heteroatoms. The minimum Gasteiger partial charge on any atom is -0.381 e. The van der Waals surface area contributed by atoms with E-state index in [0.717, 1.165) is 18.2 Å². The molecule has 0 aromatic carbocycles. The van der Waals surface area contributed by atoms with Crippen LogP contribution in [0.15, 0.2) is 0 Å². The van der Waals surface area contributed by atoms with E-state index in [9.17, 15) is 0 Å². The predicted octanol–water partition coefficient (Wildman–Crippen LogP) is 0.969. The van der Waals surface area contributed by atoms with Crippen molar-refractivity contribution in [2.45, 2.75) is 32.7 Å². The average Bonchev–Trinajstić information content (AvgIpc) is 2.82. The minimum atomic E-state index is 0.561. The number of nitrogens with zero attached hydrogens (tertiary/aromatic N) is 3. The number of aromatic nitrogens is 3. The van der Waals surface area contributed by atoms with E-state index in [-0.39, 0.29) is 0 Å². The van der Waals surface area contributed by atoms with Crippen molar-refractivity contribution in [1.82, 2.24) is 15.0 Å². The van der Waals surface area contributed by atoms with E-state index >= 15 is 0 Å². The van der Waals surface area contributed by atoms with Gasteiger partial charge in [-0.2, -0.15) is 0 Å². The van der Waals surface area contributed by atoms with E-state index in [2.05, 4.69) is 10.3 Å². The lowest BCUT2D eigenvalue weighted by molar-refractivity contribution is 0.521. The maximum Gasteiger partial charge on any atom is 0.168 e. The molecule has 2 rings (SSSR count). The monoisotopic (exact) mass is 166 g/mol. The van der Waals surface area contributed by atoms with Gasteiger partial charge in [0.25, 0.3) is 0 Å². The molecule has 1 aromatic heterocycles. The summed E-state index contributed by atoms with van der Waals surface area (Å²) in [6.07, 6.45) is 4.01. The molecule has 1 heterocycles. The highest BCUT2D eigenvalue weighted by molar-refractivity contribution is 5.31. The summed E-state index contributed by atoms with van der Waals surface area (Å²) in [5.74, 6) is 1.50. The third-order valence-electron chi connectivity index (χ3n) is 2.46. The van der Waals surface area contributed by atoms with Gasteiger partial charge < -0.3 is 5.73 Å². The highest BCUT2D eigenvalue weighted by Crippen LogP contribution is 2.32. The van der Waals surface area contributed by atoms with Crippen molar-refractivity contribution in [2.75, 3.05) is 5.73 Å². The molecular weight excluding hydrogens is 152 g/mol. The number of nitrogen functional groups attached to an aromatic ring is 1. The van der Waals surface area contributed by atoms with E-state index in [4.69, 9.17) is 5.73 Å². The van der Waals surface area contributed by atoms with Gasteiger partial charge in [-0.1, -0.05) is 18.1 Å². The Kier molecular flexibility index (Phi) is 1.75. The second-order valence-corrected chi connectivity index (χ2v) is 3.52. The predicted molar refractivity (Wildman–Crippen MR) is 46.5 cm³/mol. The lowest BCUT2D eigenvalue weighted by atomic mass is 10.3. The Labute approximate surface area is 71.8 Å². The van der Waals surface area contributed by atoms with Crippen molar-refractivity contribution in [3.63, 3.8) is 0 Å². The Hall–Kier alpha value is -1.06. The van der Waals surface area contributed by atoms with Crippen LogP contribution < -0.4 is 5.73 Å². The van der Waals surface area contributed by atoms with Gasteiger partial charge in [0.2, 0.25) is 0 Å². The van der Waals surface area contributed by atoms with Crippen LogP contribution in [0.2, 0.25) is 0 Å². The topological polar surface area (TPSA) is 56.7 Å². The van der Waals surface area contributed by atoms with Crippen LogP contribution in [0.1, 0.15) is 25.0 Å². The molecule has 1 aromatic rings. The van der Waals surface area contributed by atoms with Crippen LogP contribution in [0.3, 0.4) is 0 Å². The van der Waals surface area contributed by atoms with Gasteiger partial charge in [-0.25, -0.2) is 4.68 Å². The molecule has 0 atom stereocenters. The Morgan fingerprint density at radius 3 is 2.83 bits per heavy atom. The zero-order chi connectivity index (χ0) is 8.55. The zero-order valence-corrected chi connectivity index (χ0v) is 7.32. The number of hydrogen-bond acceptors (Lipinski definition) is 3. The summed E-state index contributed by atoms with van der Waals surface area (Å²) in [5, 5.41) is 7.76. The van der Waals surface area contributed by atoms with Gasteiger partial charge in [-0.05, 0) is 19.3 Å². The molecule has 1 aliphatic rings. The third kappa shape index (κ3) is 1.42. The lowest BCUT2D eigenvalue weighted by Gasteiger charge is -2.00. The van der Waals surface area contributed by atoms with Gasteiger partial charge >= 0.3 is 0 Å². The second kappa shape index (κ2) is 2.77. The largest absolute Gasteiger partial charge is 0.381 e. The maximum absolute atomic E-state index is 5.57. The molecule has 0 unspecified atom stereocenters. The molecule has 0 amide bonds. The number of anilines is 1. The Bertz CT molecular complexity index is 275. The Morgan fingerprint density at radius 2 is 2.33 bits per heavy atom. The smallest absolute Gasteiger partial charge is 0.168 e. The molecule has 0 saturated heterocycles. The third-order valence-corrected chi connectivity index (χ3v) is 2.46. The normalized spacial score (nSPS) is 16.8. The van der Waals surface area contributed by atoms with Crippen LogP contribution in [0.25, 0.3) is 0 Å². The fraction of sp³-hybridized carbons (Fsp3) is 0.750. The van der Waals surface area contributed by atoms with Crippen molar-refractivity contribution >= 4 is 5.82 Å². The Morgan fingerprint density at radius 1 is 1.58 bits per heavy atom. The van der Waals surface area contributed by atoms with Gasteiger partial charge in [0.1, 0.15) is 0 Å². The fourth-order valence-corrected chi connectivity index (χ4v) is 1.30. The van der Waals surface area contributed by atoms with Gasteiger partial charge in [0.05, 0.1) is 5.69 Å². The van der Waals surface area contributed by atoms with E-state index in [1.54, 1.807) is 0 Å². The summed E-state index contributed by atoms with van der Waals surface area (Å²) < 4.78 is 1.90. The zero-order valence-electron chi connectivity index (χ0n) is 7.32. The van der Waals surface area contributed by atoms with E-state index < -0.39 is 0 Å². The quantitative estimate of drug-likeness (QED) is 0.727. The molecular formula is C8H14N4. The molecule has 2 N–H and O–H groups in total. The fourth-order valence-electron chi connectivity index (χ4n) is 1.30. The number of nitrogens with two attached hydrogens (primary N) is 1. The molecule has 4 nitrogen and oxygen atoms in total. The first-order valence-corrected chi connectivity index (χ1v) is 4.43. The molecule has 12 heavy (non-hydrogen) atoms. The molecule has 1 fully saturated rings. The van der Waals surface area contributed by atoms with Crippen molar-refractivity contribution < 1.29 is 0 Å². The number of aryl methyl sites for hydroxylation is 1. The lowest BCUT2D eigenvalue weighted by Crippen LogP contribution is -2.03. The second-order valence-electron chi connectivity index (χ2n) is 3.52. The van der Waals surface area contributed by atoms with Crippen molar-refractivity contribution in [2.24, 2.45) is 5.92 Å². The van der Waals surface area contributed by atoms with Crippen LogP contribution in [-0.4, -0.2) is 15.0 Å². The van der Waals surface area contributed by atoms with Crippen molar-refractivity contribution in [3.05, 3.63) is 5.69 Å². The summed E-state index contributed by atoms with van der Waals surface area (Å²) in [6, 6.07) is 0. The van der Waals surface area contributed by atoms with Gasteiger partial charge in [0.15, 0.2) is 5.82 Å². The van der Waals surface area contributed by atoms with Crippen molar-refractivity contribution in [3.8, 4) is 0 Å². The number of hydrogen-bond donors (Lipinski definition) is 1. The van der Waals surface area contributed by atoms with Crippen molar-refractivity contribution in [1.29, 1.82) is 0 Å². The summed E-state index contributed by atoms with van der Waals surface area (Å²) in [7, 11) is 0. The molecule has 66 valence electrons. The number of rotatable bonds is 3. The molecule has 0 bridgehead atoms. The average molecular weight is 166 g/mol. The minimum absolute atomic E-state index is 0.561. The summed E-state index contributed by atoms with van der Waals surface area (Å²) >= 11 is 0. The highest BCUT2D eigenvalue weighted by atomic mass is 15.4. The molecule has 1 saturated carbocycles. The van der Waals surface area contributed by atoms with Gasteiger partial charge in [0, 0.05) is 6.54 Å². The van der Waals surface area contributed by atoms with Gasteiger partial charge in [-0.3, -0.25) is 0 Å². The highest BCUT2D eigenvalue weighted by Gasteiger charge is 2.21. The molecule has 0 aliphatic heterocycles. The Balaban J connectivity index is 1.96. The van der Waals surface area contributed by atoms with Crippen LogP contribution in [0.5, 0.6) is 0 Å². The maximum atomic E-state index is 5.57. The van der Waals surface area contributed by atoms with Crippen LogP contribution in [0, 0.1) is 12.8 Å². The first kappa shape index (κ1) is 7.58. The van der Waals surface area contributed by atoms with E-state index in [1.807, 2.05) is 11.6 Å².